The van der Waals surface area contributed by atoms with Gasteiger partial charge in [-0.15, -0.1) is 0 Å². The Morgan fingerprint density at radius 3 is 2.55 bits per heavy atom. The summed E-state index contributed by atoms with van der Waals surface area (Å²) in [6.45, 7) is 5.89. The molecule has 1 aromatic carbocycles. The second-order valence-corrected chi connectivity index (χ2v) is 9.61. The highest BCUT2D eigenvalue weighted by molar-refractivity contribution is 7.93. The van der Waals surface area contributed by atoms with Crippen LogP contribution in [0.3, 0.4) is 0 Å². The molecule has 0 saturated carbocycles. The van der Waals surface area contributed by atoms with Gasteiger partial charge in [-0.3, -0.25) is 9.10 Å². The van der Waals surface area contributed by atoms with Gasteiger partial charge in [-0.2, -0.15) is 0 Å². The van der Waals surface area contributed by atoms with Crippen LogP contribution < -0.4 is 9.62 Å². The van der Waals surface area contributed by atoms with Crippen LogP contribution >= 0.6 is 0 Å². The number of pyridine rings is 1. The molecular formula is C22H27N3O5S. The van der Waals surface area contributed by atoms with E-state index in [1.54, 1.807) is 26.0 Å². The Labute approximate surface area is 182 Å². The third-order valence-corrected chi connectivity index (χ3v) is 7.16. The van der Waals surface area contributed by atoms with Crippen molar-refractivity contribution in [1.82, 2.24) is 4.98 Å². The molecule has 0 radical (unpaired) electrons. The molecule has 1 fully saturated rings. The van der Waals surface area contributed by atoms with E-state index < -0.39 is 21.9 Å². The van der Waals surface area contributed by atoms with Crippen LogP contribution in [0.15, 0.2) is 24.3 Å². The van der Waals surface area contributed by atoms with Crippen LogP contribution in [-0.4, -0.2) is 44.7 Å². The number of esters is 1. The molecule has 2 heterocycles. The average Bonchev–Trinajstić information content (AvgIpc) is 3.08. The molecule has 1 amide bonds. The van der Waals surface area contributed by atoms with Crippen LogP contribution in [0, 0.1) is 13.8 Å². The molecule has 8 nitrogen and oxygen atoms in total. The number of hydrogen-bond acceptors (Lipinski definition) is 6. The lowest BCUT2D eigenvalue weighted by molar-refractivity contribution is 0.0600. The standard InChI is InChI=1S/C22H27N3O5S/c1-5-7-16-10-17(22(27)30-4)12-18(11-16)24-21(26)19-13-20(23-15(3)14(19)2)25-8-6-9-31(25,28)29/h10-13H,5-9H2,1-4H3,(H,24,26). The quantitative estimate of drug-likeness (QED) is 0.685. The molecule has 0 atom stereocenters. The van der Waals surface area contributed by atoms with E-state index in [1.807, 2.05) is 13.0 Å². The van der Waals surface area contributed by atoms with Crippen molar-refractivity contribution in [2.24, 2.45) is 0 Å². The Morgan fingerprint density at radius 1 is 1.19 bits per heavy atom. The van der Waals surface area contributed by atoms with Crippen LogP contribution in [0.5, 0.6) is 0 Å². The molecule has 31 heavy (non-hydrogen) atoms. The van der Waals surface area contributed by atoms with Crippen LogP contribution in [0.4, 0.5) is 11.5 Å². The van der Waals surface area contributed by atoms with Gasteiger partial charge in [-0.25, -0.2) is 18.2 Å². The van der Waals surface area contributed by atoms with E-state index in [9.17, 15) is 18.0 Å². The maximum atomic E-state index is 13.1. The summed E-state index contributed by atoms with van der Waals surface area (Å²) >= 11 is 0. The zero-order valence-corrected chi connectivity index (χ0v) is 19.0. The van der Waals surface area contributed by atoms with Crippen molar-refractivity contribution in [3.05, 3.63) is 52.2 Å². The van der Waals surface area contributed by atoms with Gasteiger partial charge in [0.25, 0.3) is 5.91 Å². The van der Waals surface area contributed by atoms with Gasteiger partial charge in [0.15, 0.2) is 0 Å². The topological polar surface area (TPSA) is 106 Å². The van der Waals surface area contributed by atoms with Gasteiger partial charge in [-0.1, -0.05) is 13.3 Å². The van der Waals surface area contributed by atoms with Crippen molar-refractivity contribution >= 4 is 33.4 Å². The first-order valence-electron chi connectivity index (χ1n) is 10.2. The molecule has 1 N–H and O–H groups in total. The lowest BCUT2D eigenvalue weighted by Gasteiger charge is -2.19. The van der Waals surface area contributed by atoms with E-state index in [0.717, 1.165) is 18.4 Å². The molecule has 9 heteroatoms. The van der Waals surface area contributed by atoms with E-state index in [-0.39, 0.29) is 11.6 Å². The van der Waals surface area contributed by atoms with Gasteiger partial charge in [-0.05, 0) is 62.1 Å². The number of sulfonamides is 1. The summed E-state index contributed by atoms with van der Waals surface area (Å²) in [5.41, 5.74) is 3.32. The van der Waals surface area contributed by atoms with Gasteiger partial charge in [0.05, 0.1) is 18.4 Å². The monoisotopic (exact) mass is 445 g/mol. The maximum Gasteiger partial charge on any atom is 0.337 e. The highest BCUT2D eigenvalue weighted by Crippen LogP contribution is 2.26. The van der Waals surface area contributed by atoms with Gasteiger partial charge in [0.1, 0.15) is 5.82 Å². The molecule has 0 aliphatic carbocycles. The van der Waals surface area contributed by atoms with Crippen molar-refractivity contribution in [3.8, 4) is 0 Å². The summed E-state index contributed by atoms with van der Waals surface area (Å²) in [5, 5.41) is 2.84. The number of aryl methyl sites for hydroxylation is 2. The zero-order chi connectivity index (χ0) is 22.8. The maximum absolute atomic E-state index is 13.1. The fourth-order valence-corrected chi connectivity index (χ4v) is 5.11. The number of methoxy groups -OCH3 is 1. The van der Waals surface area contributed by atoms with Crippen LogP contribution in [0.2, 0.25) is 0 Å². The highest BCUT2D eigenvalue weighted by atomic mass is 32.2. The Bertz CT molecular complexity index is 1130. The number of nitrogens with one attached hydrogen (secondary N) is 1. The first-order valence-corrected chi connectivity index (χ1v) is 11.8. The summed E-state index contributed by atoms with van der Waals surface area (Å²) in [7, 11) is -2.10. The molecule has 1 saturated heterocycles. The number of amides is 1. The molecule has 1 aromatic heterocycles. The SMILES string of the molecule is CCCc1cc(NC(=O)c2cc(N3CCCS3(=O)=O)nc(C)c2C)cc(C(=O)OC)c1. The number of rotatable bonds is 6. The lowest BCUT2D eigenvalue weighted by Crippen LogP contribution is -2.27. The van der Waals surface area contributed by atoms with E-state index in [4.69, 9.17) is 4.74 Å². The summed E-state index contributed by atoms with van der Waals surface area (Å²) in [5.74, 6) is -0.555. The number of ether oxygens (including phenoxy) is 1. The van der Waals surface area contributed by atoms with Crippen molar-refractivity contribution in [2.75, 3.05) is 29.0 Å². The summed E-state index contributed by atoms with van der Waals surface area (Å²) in [6, 6.07) is 6.65. The van der Waals surface area contributed by atoms with Crippen molar-refractivity contribution in [1.29, 1.82) is 0 Å². The Hall–Kier alpha value is -2.94. The minimum atomic E-state index is -3.41. The molecular weight excluding hydrogens is 418 g/mol. The second-order valence-electron chi connectivity index (χ2n) is 7.59. The molecule has 1 aliphatic heterocycles. The van der Waals surface area contributed by atoms with E-state index in [2.05, 4.69) is 10.3 Å². The summed E-state index contributed by atoms with van der Waals surface area (Å²) in [4.78, 5) is 29.5. The number of hydrogen-bond donors (Lipinski definition) is 1. The van der Waals surface area contributed by atoms with E-state index >= 15 is 0 Å². The normalized spacial score (nSPS) is 15.0. The number of anilines is 2. The number of nitrogens with zero attached hydrogens (tertiary/aromatic N) is 2. The predicted octanol–water partition coefficient (Wildman–Crippen LogP) is 3.23. The lowest BCUT2D eigenvalue weighted by atomic mass is 10.0. The first kappa shape index (κ1) is 22.7. The molecule has 3 rings (SSSR count). The third kappa shape index (κ3) is 4.87. The fourth-order valence-electron chi connectivity index (χ4n) is 3.61. The Morgan fingerprint density at radius 2 is 1.94 bits per heavy atom. The number of carbonyl (C=O) groups excluding carboxylic acids is 2. The van der Waals surface area contributed by atoms with Crippen molar-refractivity contribution < 1.29 is 22.7 Å². The van der Waals surface area contributed by atoms with Gasteiger partial charge < -0.3 is 10.1 Å². The highest BCUT2D eigenvalue weighted by Gasteiger charge is 2.30. The molecule has 0 bridgehead atoms. The van der Waals surface area contributed by atoms with E-state index in [0.29, 0.717) is 41.0 Å². The van der Waals surface area contributed by atoms with E-state index in [1.165, 1.54) is 17.5 Å². The van der Waals surface area contributed by atoms with Gasteiger partial charge in [0, 0.05) is 23.5 Å². The smallest absolute Gasteiger partial charge is 0.337 e. The molecule has 1 aliphatic rings. The number of aromatic nitrogens is 1. The molecule has 2 aromatic rings. The van der Waals surface area contributed by atoms with Crippen LogP contribution in [-0.2, 0) is 21.2 Å². The van der Waals surface area contributed by atoms with Crippen molar-refractivity contribution in [2.45, 2.75) is 40.0 Å². The van der Waals surface area contributed by atoms with Crippen LogP contribution in [0.25, 0.3) is 0 Å². The van der Waals surface area contributed by atoms with Crippen molar-refractivity contribution in [3.63, 3.8) is 0 Å². The second kappa shape index (κ2) is 9.05. The predicted molar refractivity (Wildman–Crippen MR) is 119 cm³/mol. The number of benzene rings is 1. The average molecular weight is 446 g/mol. The largest absolute Gasteiger partial charge is 0.465 e. The summed E-state index contributed by atoms with van der Waals surface area (Å²) < 4.78 is 30.7. The minimum absolute atomic E-state index is 0.0731. The molecule has 0 spiro atoms. The molecule has 0 unspecified atom stereocenters. The fraction of sp³-hybridized carbons (Fsp3) is 0.409. The Balaban J connectivity index is 1.97. The first-order chi connectivity index (χ1) is 14.7. The molecule has 166 valence electrons. The van der Waals surface area contributed by atoms with Gasteiger partial charge in [0.2, 0.25) is 10.0 Å². The Kier molecular flexibility index (Phi) is 6.64. The third-order valence-electron chi connectivity index (χ3n) is 5.31. The van der Waals surface area contributed by atoms with Crippen LogP contribution in [0.1, 0.15) is 57.3 Å². The zero-order valence-electron chi connectivity index (χ0n) is 18.2. The summed E-state index contributed by atoms with van der Waals surface area (Å²) in [6.07, 6.45) is 2.16. The van der Waals surface area contributed by atoms with Gasteiger partial charge >= 0.3 is 5.97 Å². The minimum Gasteiger partial charge on any atom is -0.465 e. The number of carbonyl (C=O) groups is 2.